The van der Waals surface area contributed by atoms with E-state index in [0.717, 1.165) is 0 Å². The Morgan fingerprint density at radius 2 is 2.36 bits per heavy atom. The van der Waals surface area contributed by atoms with Crippen LogP contribution in [0.3, 0.4) is 0 Å². The van der Waals surface area contributed by atoms with E-state index in [1.54, 1.807) is 13.0 Å². The van der Waals surface area contributed by atoms with Crippen molar-refractivity contribution in [3.8, 4) is 0 Å². The van der Waals surface area contributed by atoms with Gasteiger partial charge in [-0.05, 0) is 28.9 Å². The zero-order chi connectivity index (χ0) is 8.43. The van der Waals surface area contributed by atoms with E-state index < -0.39 is 6.10 Å². The molecule has 1 unspecified atom stereocenters. The fourth-order valence-corrected chi connectivity index (χ4v) is 1.32. The third-order valence-electron chi connectivity index (χ3n) is 1.34. The summed E-state index contributed by atoms with van der Waals surface area (Å²) in [7, 11) is 0. The molecule has 3 nitrogen and oxygen atoms in total. The molecular formula is C7H9BrN2O. The molecule has 0 saturated carbocycles. The minimum atomic E-state index is -0.541. The number of pyridine rings is 1. The number of rotatable bonds is 1. The van der Waals surface area contributed by atoms with E-state index in [1.165, 1.54) is 6.20 Å². The fourth-order valence-electron chi connectivity index (χ4n) is 0.775. The monoisotopic (exact) mass is 216 g/mol. The Hall–Kier alpha value is -0.610. The number of nitrogens with two attached hydrogens (primary N) is 1. The molecule has 3 N–H and O–H groups in total. The van der Waals surface area contributed by atoms with Crippen LogP contribution >= 0.6 is 15.9 Å². The smallest absolute Gasteiger partial charge is 0.111 e. The summed E-state index contributed by atoms with van der Waals surface area (Å²) < 4.78 is 0.640. The predicted octanol–water partition coefficient (Wildman–Crippen LogP) is 1.48. The number of hydrogen-bond acceptors (Lipinski definition) is 3. The topological polar surface area (TPSA) is 59.1 Å². The van der Waals surface area contributed by atoms with E-state index in [-0.39, 0.29) is 0 Å². The van der Waals surface area contributed by atoms with Gasteiger partial charge in [-0.1, -0.05) is 0 Å². The van der Waals surface area contributed by atoms with E-state index in [9.17, 15) is 5.11 Å². The van der Waals surface area contributed by atoms with Gasteiger partial charge in [-0.15, -0.1) is 0 Å². The number of halogens is 1. The molecule has 0 aliphatic carbocycles. The van der Waals surface area contributed by atoms with Crippen LogP contribution in [0.1, 0.15) is 18.6 Å². The maximum absolute atomic E-state index is 9.20. The van der Waals surface area contributed by atoms with Gasteiger partial charge in [-0.25, -0.2) is 4.98 Å². The van der Waals surface area contributed by atoms with Crippen LogP contribution < -0.4 is 5.73 Å². The Bertz CT molecular complexity index is 263. The molecule has 60 valence electrons. The maximum Gasteiger partial charge on any atom is 0.111 e. The summed E-state index contributed by atoms with van der Waals surface area (Å²) in [5.74, 6) is 0. The van der Waals surface area contributed by atoms with Crippen molar-refractivity contribution in [2.24, 2.45) is 0 Å². The summed E-state index contributed by atoms with van der Waals surface area (Å²) in [5, 5.41) is 9.20. The molecule has 0 bridgehead atoms. The largest absolute Gasteiger partial charge is 0.397 e. The highest BCUT2D eigenvalue weighted by Crippen LogP contribution is 2.22. The highest BCUT2D eigenvalue weighted by molar-refractivity contribution is 9.10. The third-order valence-corrected chi connectivity index (χ3v) is 2.00. The van der Waals surface area contributed by atoms with E-state index in [0.29, 0.717) is 15.9 Å². The van der Waals surface area contributed by atoms with E-state index >= 15 is 0 Å². The Balaban J connectivity index is 3.13. The summed E-state index contributed by atoms with van der Waals surface area (Å²) in [6.45, 7) is 1.67. The summed E-state index contributed by atoms with van der Waals surface area (Å²) in [6.07, 6.45) is 0.996. The lowest BCUT2D eigenvalue weighted by Crippen LogP contribution is -1.97. The SMILES string of the molecule is CC(O)c1cc(N)cnc1Br. The standard InChI is InChI=1S/C7H9BrN2O/c1-4(11)6-2-5(9)3-10-7(6)8/h2-4,11H,9H2,1H3. The fraction of sp³-hybridized carbons (Fsp3) is 0.286. The van der Waals surface area contributed by atoms with Crippen LogP contribution in [0.25, 0.3) is 0 Å². The van der Waals surface area contributed by atoms with Gasteiger partial charge in [0.2, 0.25) is 0 Å². The van der Waals surface area contributed by atoms with Gasteiger partial charge in [0.05, 0.1) is 18.0 Å². The highest BCUT2D eigenvalue weighted by Gasteiger charge is 2.06. The highest BCUT2D eigenvalue weighted by atomic mass is 79.9. The Morgan fingerprint density at radius 1 is 1.73 bits per heavy atom. The summed E-state index contributed by atoms with van der Waals surface area (Å²) in [4.78, 5) is 3.93. The summed E-state index contributed by atoms with van der Waals surface area (Å²) in [5.41, 5.74) is 6.74. The first-order valence-electron chi connectivity index (χ1n) is 3.20. The van der Waals surface area contributed by atoms with Crippen molar-refractivity contribution >= 4 is 21.6 Å². The summed E-state index contributed by atoms with van der Waals surface area (Å²) >= 11 is 3.20. The lowest BCUT2D eigenvalue weighted by Gasteiger charge is -2.06. The number of aromatic nitrogens is 1. The number of hydrogen-bond donors (Lipinski definition) is 2. The van der Waals surface area contributed by atoms with Crippen LogP contribution in [-0.4, -0.2) is 10.1 Å². The van der Waals surface area contributed by atoms with E-state index in [2.05, 4.69) is 20.9 Å². The molecule has 1 aromatic rings. The number of aliphatic hydroxyl groups excluding tert-OH is 1. The van der Waals surface area contributed by atoms with Gasteiger partial charge >= 0.3 is 0 Å². The van der Waals surface area contributed by atoms with Gasteiger partial charge in [0.25, 0.3) is 0 Å². The molecule has 4 heteroatoms. The predicted molar refractivity (Wildman–Crippen MR) is 47.0 cm³/mol. The molecule has 0 aliphatic rings. The second-order valence-corrected chi connectivity index (χ2v) is 3.08. The van der Waals surface area contributed by atoms with Gasteiger partial charge < -0.3 is 10.8 Å². The van der Waals surface area contributed by atoms with Crippen LogP contribution in [0.5, 0.6) is 0 Å². The second-order valence-electron chi connectivity index (χ2n) is 2.32. The average Bonchev–Trinajstić information content (AvgIpc) is 1.94. The number of anilines is 1. The quantitative estimate of drug-likeness (QED) is 0.700. The first kappa shape index (κ1) is 8.49. The Kier molecular flexibility index (Phi) is 2.46. The number of aliphatic hydroxyl groups is 1. The van der Waals surface area contributed by atoms with Crippen molar-refractivity contribution in [2.45, 2.75) is 13.0 Å². The molecule has 0 fully saturated rings. The zero-order valence-electron chi connectivity index (χ0n) is 6.08. The molecule has 1 aromatic heterocycles. The van der Waals surface area contributed by atoms with Crippen LogP contribution in [-0.2, 0) is 0 Å². The average molecular weight is 217 g/mol. The lowest BCUT2D eigenvalue weighted by molar-refractivity contribution is 0.198. The Labute approximate surface area is 73.4 Å². The Morgan fingerprint density at radius 3 is 2.82 bits per heavy atom. The minimum Gasteiger partial charge on any atom is -0.397 e. The van der Waals surface area contributed by atoms with Crippen LogP contribution in [0.2, 0.25) is 0 Å². The number of nitrogens with zero attached hydrogens (tertiary/aromatic N) is 1. The lowest BCUT2D eigenvalue weighted by atomic mass is 10.2. The third kappa shape index (κ3) is 1.91. The molecular weight excluding hydrogens is 208 g/mol. The van der Waals surface area contributed by atoms with Gasteiger partial charge in [0.15, 0.2) is 0 Å². The van der Waals surface area contributed by atoms with Crippen molar-refractivity contribution in [1.29, 1.82) is 0 Å². The molecule has 11 heavy (non-hydrogen) atoms. The molecule has 0 spiro atoms. The zero-order valence-corrected chi connectivity index (χ0v) is 7.67. The van der Waals surface area contributed by atoms with Crippen molar-refractivity contribution in [3.05, 3.63) is 22.4 Å². The van der Waals surface area contributed by atoms with Crippen molar-refractivity contribution in [1.82, 2.24) is 4.98 Å². The van der Waals surface area contributed by atoms with Crippen LogP contribution in [0.15, 0.2) is 16.9 Å². The van der Waals surface area contributed by atoms with E-state index in [4.69, 9.17) is 5.73 Å². The van der Waals surface area contributed by atoms with E-state index in [1.807, 2.05) is 0 Å². The molecule has 1 atom stereocenters. The molecule has 0 aromatic carbocycles. The van der Waals surface area contributed by atoms with Crippen molar-refractivity contribution in [2.75, 3.05) is 5.73 Å². The van der Waals surface area contributed by atoms with Gasteiger partial charge in [0, 0.05) is 5.56 Å². The molecule has 0 amide bonds. The molecule has 0 aliphatic heterocycles. The second kappa shape index (κ2) is 3.19. The first-order chi connectivity index (χ1) is 5.11. The van der Waals surface area contributed by atoms with Crippen LogP contribution in [0, 0.1) is 0 Å². The molecule has 1 heterocycles. The molecule has 1 rings (SSSR count). The maximum atomic E-state index is 9.20. The van der Waals surface area contributed by atoms with Gasteiger partial charge in [-0.2, -0.15) is 0 Å². The minimum absolute atomic E-state index is 0.541. The van der Waals surface area contributed by atoms with Gasteiger partial charge in [-0.3, -0.25) is 0 Å². The molecule has 0 saturated heterocycles. The molecule has 0 radical (unpaired) electrons. The summed E-state index contributed by atoms with van der Waals surface area (Å²) in [6, 6.07) is 1.70. The first-order valence-corrected chi connectivity index (χ1v) is 3.99. The van der Waals surface area contributed by atoms with Crippen LogP contribution in [0.4, 0.5) is 5.69 Å². The number of nitrogen functional groups attached to an aromatic ring is 1. The van der Waals surface area contributed by atoms with Crippen molar-refractivity contribution < 1.29 is 5.11 Å². The van der Waals surface area contributed by atoms with Crippen molar-refractivity contribution in [3.63, 3.8) is 0 Å². The van der Waals surface area contributed by atoms with Gasteiger partial charge in [0.1, 0.15) is 4.60 Å². The normalized spacial score (nSPS) is 13.0.